The van der Waals surface area contributed by atoms with E-state index < -0.39 is 0 Å². The van der Waals surface area contributed by atoms with Gasteiger partial charge in [0.25, 0.3) is 0 Å². The summed E-state index contributed by atoms with van der Waals surface area (Å²) in [4.78, 5) is 8.91. The van der Waals surface area contributed by atoms with Crippen molar-refractivity contribution in [2.24, 2.45) is 0 Å². The minimum Gasteiger partial charge on any atom is -0.380 e. The molecule has 5 heteroatoms. The Bertz CT molecular complexity index is 368. The molecular formula is C12H22N4O. The third-order valence-corrected chi connectivity index (χ3v) is 2.70. The average molecular weight is 238 g/mol. The zero-order valence-electron chi connectivity index (χ0n) is 11.3. The molecule has 1 atom stereocenters. The monoisotopic (exact) mass is 238 g/mol. The molecule has 0 aromatic carbocycles. The molecule has 5 nitrogen and oxygen atoms in total. The van der Waals surface area contributed by atoms with Gasteiger partial charge in [-0.3, -0.25) is 0 Å². The van der Waals surface area contributed by atoms with E-state index in [2.05, 4.69) is 20.6 Å². The van der Waals surface area contributed by atoms with Crippen LogP contribution < -0.4 is 10.6 Å². The summed E-state index contributed by atoms with van der Waals surface area (Å²) in [7, 11) is 3.58. The number of methoxy groups -OCH3 is 1. The predicted octanol–water partition coefficient (Wildman–Crippen LogP) is 1.84. The number of ether oxygens (including phenoxy) is 1. The Morgan fingerprint density at radius 3 is 2.47 bits per heavy atom. The number of aryl methyl sites for hydroxylation is 1. The van der Waals surface area contributed by atoms with Crippen LogP contribution in [0.5, 0.6) is 0 Å². The molecule has 0 aliphatic rings. The Morgan fingerprint density at radius 2 is 1.94 bits per heavy atom. The van der Waals surface area contributed by atoms with Crippen LogP contribution in [0.3, 0.4) is 0 Å². The summed E-state index contributed by atoms with van der Waals surface area (Å²) in [6, 6.07) is 0. The fraction of sp³-hybridized carbons (Fsp3) is 0.667. The molecule has 0 spiro atoms. The molecule has 1 aromatic heterocycles. The molecule has 1 aromatic rings. The van der Waals surface area contributed by atoms with Crippen LogP contribution in [0.1, 0.15) is 25.2 Å². The quantitative estimate of drug-likeness (QED) is 0.792. The summed E-state index contributed by atoms with van der Waals surface area (Å²) in [5, 5.41) is 6.39. The highest BCUT2D eigenvalue weighted by Gasteiger charge is 2.09. The summed E-state index contributed by atoms with van der Waals surface area (Å²) >= 11 is 0. The van der Waals surface area contributed by atoms with Crippen molar-refractivity contribution in [3.8, 4) is 0 Å². The van der Waals surface area contributed by atoms with Crippen molar-refractivity contribution in [2.45, 2.75) is 33.3 Å². The van der Waals surface area contributed by atoms with Gasteiger partial charge in [0, 0.05) is 32.7 Å². The summed E-state index contributed by atoms with van der Waals surface area (Å²) in [6.45, 7) is 6.81. The fourth-order valence-electron chi connectivity index (χ4n) is 1.46. The van der Waals surface area contributed by atoms with E-state index in [0.717, 1.165) is 36.0 Å². The highest BCUT2D eigenvalue weighted by molar-refractivity contribution is 5.57. The van der Waals surface area contributed by atoms with Gasteiger partial charge in [0.2, 0.25) is 0 Å². The van der Waals surface area contributed by atoms with Crippen molar-refractivity contribution in [2.75, 3.05) is 31.3 Å². The second-order valence-corrected chi connectivity index (χ2v) is 3.99. The van der Waals surface area contributed by atoms with Gasteiger partial charge in [-0.05, 0) is 13.8 Å². The van der Waals surface area contributed by atoms with Gasteiger partial charge in [-0.1, -0.05) is 6.92 Å². The lowest BCUT2D eigenvalue weighted by Crippen LogP contribution is -2.20. The second-order valence-electron chi connectivity index (χ2n) is 3.99. The fourth-order valence-corrected chi connectivity index (χ4v) is 1.46. The van der Waals surface area contributed by atoms with Crippen LogP contribution >= 0.6 is 0 Å². The molecule has 2 N–H and O–H groups in total. The van der Waals surface area contributed by atoms with Crippen LogP contribution in [0.2, 0.25) is 0 Å². The first-order valence-corrected chi connectivity index (χ1v) is 5.94. The molecule has 0 saturated carbocycles. The van der Waals surface area contributed by atoms with E-state index in [9.17, 15) is 0 Å². The van der Waals surface area contributed by atoms with Crippen LogP contribution in [0.4, 0.5) is 11.6 Å². The Labute approximate surface area is 103 Å². The molecule has 0 amide bonds. The number of anilines is 2. The zero-order chi connectivity index (χ0) is 12.8. The van der Waals surface area contributed by atoms with E-state index in [1.54, 1.807) is 7.11 Å². The smallest absolute Gasteiger partial charge is 0.134 e. The molecule has 1 unspecified atom stereocenters. The Balaban J connectivity index is 2.89. The number of hydrogen-bond acceptors (Lipinski definition) is 5. The number of nitrogens with one attached hydrogen (secondary N) is 2. The summed E-state index contributed by atoms with van der Waals surface area (Å²) < 4.78 is 5.20. The van der Waals surface area contributed by atoms with Crippen LogP contribution in [-0.2, 0) is 11.2 Å². The molecule has 0 saturated heterocycles. The third-order valence-electron chi connectivity index (χ3n) is 2.70. The van der Waals surface area contributed by atoms with Crippen molar-refractivity contribution in [3.05, 3.63) is 11.4 Å². The maximum atomic E-state index is 5.20. The Hall–Kier alpha value is -1.36. The molecule has 17 heavy (non-hydrogen) atoms. The topological polar surface area (TPSA) is 59.1 Å². The van der Waals surface area contributed by atoms with Gasteiger partial charge in [-0.2, -0.15) is 0 Å². The molecule has 0 bridgehead atoms. The Kier molecular flexibility index (Phi) is 5.15. The average Bonchev–Trinajstić information content (AvgIpc) is 2.37. The number of hydrogen-bond donors (Lipinski definition) is 2. The molecular weight excluding hydrogens is 216 g/mol. The first-order valence-electron chi connectivity index (χ1n) is 5.94. The van der Waals surface area contributed by atoms with Crippen molar-refractivity contribution < 1.29 is 4.74 Å². The van der Waals surface area contributed by atoms with E-state index in [-0.39, 0.29) is 6.10 Å². The van der Waals surface area contributed by atoms with Crippen molar-refractivity contribution in [1.82, 2.24) is 9.97 Å². The minimum absolute atomic E-state index is 0.160. The first-order chi connectivity index (χ1) is 8.12. The first kappa shape index (κ1) is 13.7. The van der Waals surface area contributed by atoms with E-state index in [0.29, 0.717) is 0 Å². The van der Waals surface area contributed by atoms with Crippen molar-refractivity contribution >= 4 is 11.6 Å². The van der Waals surface area contributed by atoms with Gasteiger partial charge < -0.3 is 15.4 Å². The van der Waals surface area contributed by atoms with Crippen LogP contribution in [0.25, 0.3) is 0 Å². The van der Waals surface area contributed by atoms with Gasteiger partial charge in [0.05, 0.1) is 6.10 Å². The highest BCUT2D eigenvalue weighted by Crippen LogP contribution is 2.19. The lowest BCUT2D eigenvalue weighted by atomic mass is 10.2. The molecule has 0 aliphatic heterocycles. The number of aromatic nitrogens is 2. The van der Waals surface area contributed by atoms with Crippen LogP contribution in [0.15, 0.2) is 0 Å². The van der Waals surface area contributed by atoms with Gasteiger partial charge in [-0.15, -0.1) is 0 Å². The highest BCUT2D eigenvalue weighted by atomic mass is 16.5. The SMILES string of the molecule is CCc1nc(NC)c(C)c(NCC(C)OC)n1. The Morgan fingerprint density at radius 1 is 1.29 bits per heavy atom. The summed E-state index contributed by atoms with van der Waals surface area (Å²) in [5.41, 5.74) is 1.04. The van der Waals surface area contributed by atoms with Gasteiger partial charge >= 0.3 is 0 Å². The molecule has 0 aliphatic carbocycles. The minimum atomic E-state index is 0.160. The molecule has 1 heterocycles. The number of rotatable bonds is 6. The van der Waals surface area contributed by atoms with E-state index in [4.69, 9.17) is 4.74 Å². The van der Waals surface area contributed by atoms with Crippen molar-refractivity contribution in [1.29, 1.82) is 0 Å². The molecule has 1 rings (SSSR count). The number of nitrogens with zero attached hydrogens (tertiary/aromatic N) is 2. The van der Waals surface area contributed by atoms with Crippen LogP contribution in [-0.4, -0.2) is 36.8 Å². The summed E-state index contributed by atoms with van der Waals surface area (Å²) in [6.07, 6.45) is 0.983. The van der Waals surface area contributed by atoms with Gasteiger partial charge in [0.1, 0.15) is 17.5 Å². The molecule has 0 fully saturated rings. The van der Waals surface area contributed by atoms with Crippen LogP contribution in [0, 0.1) is 6.92 Å². The predicted molar refractivity (Wildman–Crippen MR) is 70.7 cm³/mol. The van der Waals surface area contributed by atoms with E-state index >= 15 is 0 Å². The maximum Gasteiger partial charge on any atom is 0.134 e. The lowest BCUT2D eigenvalue weighted by Gasteiger charge is -2.15. The zero-order valence-corrected chi connectivity index (χ0v) is 11.3. The molecule has 96 valence electrons. The normalized spacial score (nSPS) is 12.3. The molecule has 0 radical (unpaired) electrons. The van der Waals surface area contributed by atoms with E-state index in [1.807, 2.05) is 27.8 Å². The maximum absolute atomic E-state index is 5.20. The lowest BCUT2D eigenvalue weighted by molar-refractivity contribution is 0.128. The van der Waals surface area contributed by atoms with Crippen molar-refractivity contribution in [3.63, 3.8) is 0 Å². The second kappa shape index (κ2) is 6.39. The summed E-state index contributed by atoms with van der Waals surface area (Å²) in [5.74, 6) is 2.60. The van der Waals surface area contributed by atoms with E-state index in [1.165, 1.54) is 0 Å². The third kappa shape index (κ3) is 3.56. The standard InChI is InChI=1S/C12H22N4O/c1-6-10-15-11(13-4)9(3)12(16-10)14-7-8(2)17-5/h8H,6-7H2,1-5H3,(H2,13,14,15,16). The largest absolute Gasteiger partial charge is 0.380 e. The van der Waals surface area contributed by atoms with Gasteiger partial charge in [-0.25, -0.2) is 9.97 Å². The van der Waals surface area contributed by atoms with Gasteiger partial charge in [0.15, 0.2) is 0 Å².